The van der Waals surface area contributed by atoms with Crippen LogP contribution in [-0.2, 0) is 16.0 Å². The number of benzene rings is 1. The molecule has 1 aliphatic heterocycles. The first kappa shape index (κ1) is 15.1. The fourth-order valence-electron chi connectivity index (χ4n) is 2.14. The van der Waals surface area contributed by atoms with Crippen LogP contribution in [0.2, 0.25) is 0 Å². The Morgan fingerprint density at radius 1 is 1.29 bits per heavy atom. The highest BCUT2D eigenvalue weighted by Gasteiger charge is 2.39. The van der Waals surface area contributed by atoms with E-state index in [9.17, 15) is 14.7 Å². The molecule has 1 aromatic rings. The maximum atomic E-state index is 12.2. The van der Waals surface area contributed by atoms with Crippen molar-refractivity contribution in [2.24, 2.45) is 0 Å². The van der Waals surface area contributed by atoms with Crippen LogP contribution in [0.1, 0.15) is 26.3 Å². The number of imide groups is 1. The lowest BCUT2D eigenvalue weighted by atomic mass is 10.1. The first-order valence-corrected chi connectivity index (χ1v) is 6.78. The molecule has 0 saturated heterocycles. The van der Waals surface area contributed by atoms with Gasteiger partial charge in [-0.1, -0.05) is 30.3 Å². The molecule has 0 bridgehead atoms. The molecule has 112 valence electrons. The van der Waals surface area contributed by atoms with Crippen LogP contribution >= 0.6 is 0 Å². The van der Waals surface area contributed by atoms with Gasteiger partial charge in [-0.25, -0.2) is 9.69 Å². The van der Waals surface area contributed by atoms with Crippen LogP contribution in [0, 0.1) is 0 Å². The highest BCUT2D eigenvalue weighted by Crippen LogP contribution is 2.24. The number of nitrogens with zero attached hydrogens (tertiary/aromatic N) is 1. The number of rotatable bonds is 2. The molecule has 2 rings (SSSR count). The van der Waals surface area contributed by atoms with Gasteiger partial charge in [-0.3, -0.25) is 4.79 Å². The zero-order chi connectivity index (χ0) is 15.6. The Morgan fingerprint density at radius 3 is 2.48 bits per heavy atom. The number of hydrogen-bond donors (Lipinski definition) is 1. The van der Waals surface area contributed by atoms with Gasteiger partial charge in [0.2, 0.25) is 0 Å². The minimum Gasteiger partial charge on any atom is -0.510 e. The van der Waals surface area contributed by atoms with Crippen LogP contribution in [0.15, 0.2) is 42.2 Å². The Kier molecular flexibility index (Phi) is 4.02. The van der Waals surface area contributed by atoms with E-state index < -0.39 is 23.6 Å². The summed E-state index contributed by atoms with van der Waals surface area (Å²) in [7, 11) is 0. The number of aliphatic hydroxyl groups is 1. The molecule has 0 aromatic heterocycles. The number of carbonyl (C=O) groups excluding carboxylic acids is 2. The number of amides is 2. The lowest BCUT2D eigenvalue weighted by Gasteiger charge is -2.27. The summed E-state index contributed by atoms with van der Waals surface area (Å²) in [6.45, 7) is 5.18. The van der Waals surface area contributed by atoms with E-state index in [1.807, 2.05) is 30.3 Å². The first-order chi connectivity index (χ1) is 9.78. The summed E-state index contributed by atoms with van der Waals surface area (Å²) in [4.78, 5) is 25.0. The van der Waals surface area contributed by atoms with Crippen LogP contribution in [0.5, 0.6) is 0 Å². The normalized spacial score (nSPS) is 18.6. The summed E-state index contributed by atoms with van der Waals surface area (Å²) in [5.41, 5.74) is 0.220. The average molecular weight is 289 g/mol. The van der Waals surface area contributed by atoms with E-state index in [1.54, 1.807) is 20.8 Å². The summed E-state index contributed by atoms with van der Waals surface area (Å²) in [5.74, 6) is -0.669. The monoisotopic (exact) mass is 289 g/mol. The van der Waals surface area contributed by atoms with E-state index in [2.05, 4.69) is 0 Å². The van der Waals surface area contributed by atoms with Gasteiger partial charge in [0.25, 0.3) is 5.91 Å². The second kappa shape index (κ2) is 5.60. The number of ether oxygens (including phenoxy) is 1. The highest BCUT2D eigenvalue weighted by atomic mass is 16.6. The Bertz CT molecular complexity index is 572. The molecule has 0 fully saturated rings. The zero-order valence-corrected chi connectivity index (χ0v) is 12.4. The van der Waals surface area contributed by atoms with Crippen LogP contribution < -0.4 is 0 Å². The third kappa shape index (κ3) is 3.62. The Hall–Kier alpha value is -2.30. The molecule has 0 unspecified atom stereocenters. The van der Waals surface area contributed by atoms with Crippen LogP contribution in [0.3, 0.4) is 0 Å². The van der Waals surface area contributed by atoms with Gasteiger partial charge in [-0.15, -0.1) is 0 Å². The molecule has 1 N–H and O–H groups in total. The maximum absolute atomic E-state index is 12.2. The molecule has 2 amide bonds. The smallest absolute Gasteiger partial charge is 0.418 e. The van der Waals surface area contributed by atoms with Gasteiger partial charge in [-0.05, 0) is 26.3 Å². The van der Waals surface area contributed by atoms with Gasteiger partial charge in [0, 0.05) is 12.5 Å². The summed E-state index contributed by atoms with van der Waals surface area (Å²) in [6.07, 6.45) is 0.680. The van der Waals surface area contributed by atoms with Crippen molar-refractivity contribution in [1.29, 1.82) is 0 Å². The van der Waals surface area contributed by atoms with E-state index in [4.69, 9.17) is 4.74 Å². The number of aliphatic hydroxyl groups excluding tert-OH is 1. The fourth-order valence-corrected chi connectivity index (χ4v) is 2.14. The molecule has 1 aromatic carbocycles. The number of hydrogen-bond acceptors (Lipinski definition) is 4. The van der Waals surface area contributed by atoms with Crippen molar-refractivity contribution in [1.82, 2.24) is 4.90 Å². The van der Waals surface area contributed by atoms with Crippen molar-refractivity contribution >= 4 is 12.0 Å². The second-order valence-corrected chi connectivity index (χ2v) is 5.96. The molecule has 5 nitrogen and oxygen atoms in total. The predicted octanol–water partition coefficient (Wildman–Crippen LogP) is 2.82. The largest absolute Gasteiger partial charge is 0.510 e. The fraction of sp³-hybridized carbons (Fsp3) is 0.375. The van der Waals surface area contributed by atoms with E-state index >= 15 is 0 Å². The van der Waals surface area contributed by atoms with Gasteiger partial charge in [-0.2, -0.15) is 0 Å². The third-order valence-electron chi connectivity index (χ3n) is 3.02. The molecule has 1 aliphatic rings. The van der Waals surface area contributed by atoms with Crippen molar-refractivity contribution < 1.29 is 19.4 Å². The minimum atomic E-state index is -0.742. The first-order valence-electron chi connectivity index (χ1n) is 6.78. The van der Waals surface area contributed by atoms with E-state index in [1.165, 1.54) is 0 Å². The lowest BCUT2D eigenvalue weighted by Crippen LogP contribution is -2.44. The Morgan fingerprint density at radius 2 is 1.90 bits per heavy atom. The Balaban J connectivity index is 2.19. The molecule has 0 radical (unpaired) electrons. The molecular weight excluding hydrogens is 270 g/mol. The molecule has 0 saturated carbocycles. The van der Waals surface area contributed by atoms with Gasteiger partial charge >= 0.3 is 6.09 Å². The zero-order valence-electron chi connectivity index (χ0n) is 12.4. The number of carbonyl (C=O) groups is 2. The molecule has 0 spiro atoms. The summed E-state index contributed by atoms with van der Waals surface area (Å²) in [5, 5.41) is 9.93. The molecule has 1 heterocycles. The quantitative estimate of drug-likeness (QED) is 0.909. The summed E-state index contributed by atoms with van der Waals surface area (Å²) < 4.78 is 5.23. The maximum Gasteiger partial charge on any atom is 0.418 e. The van der Waals surface area contributed by atoms with Crippen molar-refractivity contribution in [3.8, 4) is 0 Å². The third-order valence-corrected chi connectivity index (χ3v) is 3.02. The van der Waals surface area contributed by atoms with Gasteiger partial charge in [0.1, 0.15) is 17.4 Å². The van der Waals surface area contributed by atoms with Crippen molar-refractivity contribution in [2.45, 2.75) is 38.8 Å². The lowest BCUT2D eigenvalue weighted by molar-refractivity contribution is -0.125. The molecule has 1 atom stereocenters. The van der Waals surface area contributed by atoms with Crippen molar-refractivity contribution in [2.75, 3.05) is 0 Å². The van der Waals surface area contributed by atoms with E-state index in [0.717, 1.165) is 16.5 Å². The van der Waals surface area contributed by atoms with Gasteiger partial charge in [0.15, 0.2) is 0 Å². The van der Waals surface area contributed by atoms with Gasteiger partial charge in [0.05, 0.1) is 0 Å². The molecule has 0 aliphatic carbocycles. The molecule has 21 heavy (non-hydrogen) atoms. The molecule has 5 heteroatoms. The van der Waals surface area contributed by atoms with Crippen LogP contribution in [0.4, 0.5) is 4.79 Å². The van der Waals surface area contributed by atoms with E-state index in [0.29, 0.717) is 6.42 Å². The van der Waals surface area contributed by atoms with Crippen LogP contribution in [0.25, 0.3) is 0 Å². The van der Waals surface area contributed by atoms with Crippen molar-refractivity contribution in [3.05, 3.63) is 47.7 Å². The van der Waals surface area contributed by atoms with Crippen molar-refractivity contribution in [3.63, 3.8) is 0 Å². The molecular formula is C16H19NO4. The van der Waals surface area contributed by atoms with Crippen LogP contribution in [-0.4, -0.2) is 33.6 Å². The SMILES string of the molecule is CC(C)(C)OC(=O)N1C(=O)C=C(O)[C@@H]1Cc1ccccc1. The van der Waals surface area contributed by atoms with E-state index in [-0.39, 0.29) is 5.76 Å². The van der Waals surface area contributed by atoms with Gasteiger partial charge < -0.3 is 9.84 Å². The second-order valence-electron chi connectivity index (χ2n) is 5.96. The summed E-state index contributed by atoms with van der Waals surface area (Å²) >= 11 is 0. The Labute approximate surface area is 123 Å². The standard InChI is InChI=1S/C16H19NO4/c1-16(2,3)21-15(20)17-12(13(18)10-14(17)19)9-11-7-5-4-6-8-11/h4-8,10,12,18H,9H2,1-3H3/t12-/m0/s1. The predicted molar refractivity (Wildman–Crippen MR) is 77.7 cm³/mol. The highest BCUT2D eigenvalue weighted by molar-refractivity contribution is 6.02. The topological polar surface area (TPSA) is 66.8 Å². The minimum absolute atomic E-state index is 0.116. The summed E-state index contributed by atoms with van der Waals surface area (Å²) in [6, 6.07) is 8.65. The average Bonchev–Trinajstić information content (AvgIpc) is 2.63.